The number of rotatable bonds is 6. The van der Waals surface area contributed by atoms with Gasteiger partial charge in [0.1, 0.15) is 11.6 Å². The predicted octanol–water partition coefficient (Wildman–Crippen LogP) is 4.67. The van der Waals surface area contributed by atoms with Crippen LogP contribution in [0.2, 0.25) is 0 Å². The molecule has 2 amide bonds. The average molecular weight is 593 g/mol. The molecule has 2 aromatic rings. The van der Waals surface area contributed by atoms with E-state index in [-0.39, 0.29) is 33.3 Å². The zero-order valence-electron chi connectivity index (χ0n) is 18.7. The molecule has 2 aromatic carbocycles. The van der Waals surface area contributed by atoms with Gasteiger partial charge in [0.05, 0.1) is 28.0 Å². The van der Waals surface area contributed by atoms with Crippen molar-refractivity contribution in [1.82, 2.24) is 5.32 Å². The van der Waals surface area contributed by atoms with Gasteiger partial charge in [0.15, 0.2) is 0 Å². The Hall–Kier alpha value is -2.67. The zero-order valence-corrected chi connectivity index (χ0v) is 21.1. The molecule has 4 rings (SSSR count). The van der Waals surface area contributed by atoms with Crippen molar-refractivity contribution in [3.05, 3.63) is 52.3 Å². The Morgan fingerprint density at radius 1 is 1.11 bits per heavy atom. The molecule has 2 N–H and O–H groups in total. The van der Waals surface area contributed by atoms with E-state index in [4.69, 9.17) is 4.74 Å². The van der Waals surface area contributed by atoms with Crippen LogP contribution in [-0.2, 0) is 14.6 Å². The largest absolute Gasteiger partial charge is 0.501 e. The SMILES string of the molecule is COc1cc(F)c(Br)cc1C(=O)N[C@@H]1[C@H]2CC[C@H](C2)[C@@H]1C(=O)Nc1cccc(S(=O)(=O)C(F)(F)F)c1. The maximum atomic E-state index is 13.9. The number of carbonyl (C=O) groups is 2. The first-order valence-corrected chi connectivity index (χ1v) is 13.2. The number of methoxy groups -OCH3 is 1. The van der Waals surface area contributed by atoms with Crippen LogP contribution in [-0.4, -0.2) is 38.9 Å². The lowest BCUT2D eigenvalue weighted by atomic mass is 9.83. The van der Waals surface area contributed by atoms with E-state index in [0.29, 0.717) is 6.42 Å². The molecule has 4 atom stereocenters. The summed E-state index contributed by atoms with van der Waals surface area (Å²) >= 11 is 3.04. The number of hydrogen-bond donors (Lipinski definition) is 2. The Morgan fingerprint density at radius 3 is 2.47 bits per heavy atom. The first kappa shape index (κ1) is 26.4. The molecule has 0 unspecified atom stereocenters. The van der Waals surface area contributed by atoms with Crippen molar-refractivity contribution >= 4 is 43.3 Å². The van der Waals surface area contributed by atoms with E-state index in [1.807, 2.05) is 0 Å². The Balaban J connectivity index is 1.55. The molecule has 2 bridgehead atoms. The number of nitrogens with one attached hydrogen (secondary N) is 2. The van der Waals surface area contributed by atoms with Gasteiger partial charge >= 0.3 is 5.51 Å². The topological polar surface area (TPSA) is 102 Å². The van der Waals surface area contributed by atoms with Crippen LogP contribution in [0.4, 0.5) is 23.2 Å². The average Bonchev–Trinajstić information content (AvgIpc) is 3.41. The lowest BCUT2D eigenvalue weighted by Gasteiger charge is -2.31. The van der Waals surface area contributed by atoms with Crippen molar-refractivity contribution in [1.29, 1.82) is 0 Å². The van der Waals surface area contributed by atoms with Crippen LogP contribution in [0, 0.1) is 23.6 Å². The van der Waals surface area contributed by atoms with Crippen LogP contribution in [0.15, 0.2) is 45.8 Å². The summed E-state index contributed by atoms with van der Waals surface area (Å²) in [7, 11) is -4.29. The summed E-state index contributed by atoms with van der Waals surface area (Å²) in [5, 5.41) is 5.36. The van der Waals surface area contributed by atoms with E-state index < -0.39 is 49.8 Å². The fraction of sp³-hybridized carbons (Fsp3) is 0.391. The van der Waals surface area contributed by atoms with Crippen LogP contribution in [0.3, 0.4) is 0 Å². The van der Waals surface area contributed by atoms with Crippen LogP contribution < -0.4 is 15.4 Å². The lowest BCUT2D eigenvalue weighted by Crippen LogP contribution is -2.48. The predicted molar refractivity (Wildman–Crippen MR) is 125 cm³/mol. The van der Waals surface area contributed by atoms with Crippen molar-refractivity contribution in [2.45, 2.75) is 35.7 Å². The van der Waals surface area contributed by atoms with Gasteiger partial charge in [0.2, 0.25) is 5.91 Å². The number of benzene rings is 2. The Bertz CT molecular complexity index is 1320. The number of sulfone groups is 1. The van der Waals surface area contributed by atoms with Gasteiger partial charge in [-0.15, -0.1) is 0 Å². The van der Waals surface area contributed by atoms with E-state index in [9.17, 15) is 35.6 Å². The van der Waals surface area contributed by atoms with E-state index >= 15 is 0 Å². The standard InChI is InChI=1S/C23H21BrF4N2O5S/c1-35-18-10-17(25)16(24)9-15(18)21(31)30-20-12-6-5-11(7-12)19(20)22(32)29-13-3-2-4-14(8-13)36(33,34)23(26,27)28/h2-4,8-12,19-20H,5-7H2,1H3,(H,29,32)(H,30,31)/t11-,12+,19+,20-/m1/s1. The minimum Gasteiger partial charge on any atom is -0.496 e. The molecule has 13 heteroatoms. The van der Waals surface area contributed by atoms with Gasteiger partial charge < -0.3 is 15.4 Å². The highest BCUT2D eigenvalue weighted by Gasteiger charge is 2.52. The van der Waals surface area contributed by atoms with E-state index in [0.717, 1.165) is 37.1 Å². The molecule has 2 aliphatic rings. The Labute approximate surface area is 212 Å². The Kier molecular flexibility index (Phi) is 7.08. The third kappa shape index (κ3) is 4.82. The van der Waals surface area contributed by atoms with Crippen LogP contribution in [0.1, 0.15) is 29.6 Å². The van der Waals surface area contributed by atoms with Crippen LogP contribution in [0.25, 0.3) is 0 Å². The molecule has 0 radical (unpaired) electrons. The molecular weight excluding hydrogens is 572 g/mol. The van der Waals surface area contributed by atoms with E-state index in [1.54, 1.807) is 0 Å². The molecule has 2 saturated carbocycles. The van der Waals surface area contributed by atoms with E-state index in [2.05, 4.69) is 26.6 Å². The smallest absolute Gasteiger partial charge is 0.496 e. The minimum atomic E-state index is -5.58. The quantitative estimate of drug-likeness (QED) is 0.475. The molecule has 0 aromatic heterocycles. The summed E-state index contributed by atoms with van der Waals surface area (Å²) in [5.41, 5.74) is -5.52. The molecular formula is C23H21BrF4N2O5S. The monoisotopic (exact) mass is 592 g/mol. The van der Waals surface area contributed by atoms with Crippen LogP contribution >= 0.6 is 15.9 Å². The molecule has 2 fully saturated rings. The first-order valence-electron chi connectivity index (χ1n) is 10.9. The van der Waals surface area contributed by atoms with Crippen LogP contribution in [0.5, 0.6) is 5.75 Å². The lowest BCUT2D eigenvalue weighted by molar-refractivity contribution is -0.122. The number of ether oxygens (including phenoxy) is 1. The highest BCUT2D eigenvalue weighted by molar-refractivity contribution is 9.10. The maximum absolute atomic E-state index is 13.9. The second-order valence-electron chi connectivity index (χ2n) is 8.79. The molecule has 0 saturated heterocycles. The summed E-state index contributed by atoms with van der Waals surface area (Å²) in [5.74, 6) is -2.46. The van der Waals surface area contributed by atoms with Gasteiger partial charge in [-0.05, 0) is 71.3 Å². The molecule has 0 heterocycles. The minimum absolute atomic E-state index is 0.00141. The summed E-state index contributed by atoms with van der Waals surface area (Å²) < 4.78 is 81.3. The number of fused-ring (bicyclic) bond motifs is 2. The fourth-order valence-electron chi connectivity index (χ4n) is 5.08. The second-order valence-corrected chi connectivity index (χ2v) is 11.6. The number of anilines is 1. The zero-order chi connectivity index (χ0) is 26.4. The van der Waals surface area contributed by atoms with Gasteiger partial charge in [0.25, 0.3) is 15.7 Å². The van der Waals surface area contributed by atoms with Crippen molar-refractivity contribution in [2.75, 3.05) is 12.4 Å². The number of hydrogen-bond acceptors (Lipinski definition) is 5. The summed E-state index contributed by atoms with van der Waals surface area (Å²) in [6.45, 7) is 0. The Morgan fingerprint density at radius 2 is 1.81 bits per heavy atom. The highest BCUT2D eigenvalue weighted by atomic mass is 79.9. The van der Waals surface area contributed by atoms with Crippen molar-refractivity contribution in [3.8, 4) is 5.75 Å². The number of alkyl halides is 3. The van der Waals surface area contributed by atoms with Gasteiger partial charge in [-0.1, -0.05) is 6.07 Å². The third-order valence-electron chi connectivity index (χ3n) is 6.72. The molecule has 7 nitrogen and oxygen atoms in total. The van der Waals surface area contributed by atoms with Gasteiger partial charge in [-0.3, -0.25) is 9.59 Å². The maximum Gasteiger partial charge on any atom is 0.501 e. The van der Waals surface area contributed by atoms with Crippen molar-refractivity contribution < 1.29 is 40.3 Å². The van der Waals surface area contributed by atoms with Gasteiger partial charge in [0, 0.05) is 17.8 Å². The fourth-order valence-corrected chi connectivity index (χ4v) is 6.23. The number of halogens is 5. The number of amides is 2. The molecule has 0 spiro atoms. The second kappa shape index (κ2) is 9.66. The summed E-state index contributed by atoms with van der Waals surface area (Å²) in [6, 6.07) is 5.70. The molecule has 36 heavy (non-hydrogen) atoms. The normalized spacial score (nSPS) is 23.4. The summed E-state index contributed by atoms with van der Waals surface area (Å²) in [4.78, 5) is 25.3. The van der Waals surface area contributed by atoms with Gasteiger partial charge in [-0.25, -0.2) is 12.8 Å². The summed E-state index contributed by atoms with van der Waals surface area (Å²) in [6.07, 6.45) is 2.20. The third-order valence-corrected chi connectivity index (χ3v) is 8.81. The van der Waals surface area contributed by atoms with E-state index in [1.165, 1.54) is 19.2 Å². The first-order chi connectivity index (χ1) is 16.8. The van der Waals surface area contributed by atoms with Crippen molar-refractivity contribution in [2.24, 2.45) is 17.8 Å². The number of carbonyl (C=O) groups excluding carboxylic acids is 2. The van der Waals surface area contributed by atoms with Gasteiger partial charge in [-0.2, -0.15) is 13.2 Å². The highest BCUT2D eigenvalue weighted by Crippen LogP contribution is 2.49. The molecule has 0 aliphatic heterocycles. The van der Waals surface area contributed by atoms with Crippen molar-refractivity contribution in [3.63, 3.8) is 0 Å². The molecule has 194 valence electrons. The molecule has 2 aliphatic carbocycles.